The second-order valence-electron chi connectivity index (χ2n) is 15.2. The highest BCUT2D eigenvalue weighted by Crippen LogP contribution is 2.52. The van der Waals surface area contributed by atoms with Crippen LogP contribution in [0.3, 0.4) is 0 Å². The van der Waals surface area contributed by atoms with E-state index in [-0.39, 0.29) is 0 Å². The molecule has 0 amide bonds. The van der Waals surface area contributed by atoms with E-state index >= 15 is 9.13 Å². The zero-order valence-corrected chi connectivity index (χ0v) is 36.2. The molecule has 288 valence electrons. The van der Waals surface area contributed by atoms with Gasteiger partial charge in [-0.05, 0) is 78.6 Å². The Labute approximate surface area is 339 Å². The third kappa shape index (κ3) is 7.92. The monoisotopic (exact) mass is 804 g/mol. The van der Waals surface area contributed by atoms with Gasteiger partial charge >= 0.3 is 0 Å². The number of rotatable bonds is 13. The number of hydrogen-bond donors (Lipinski definition) is 0. The molecule has 0 bridgehead atoms. The van der Waals surface area contributed by atoms with Gasteiger partial charge in [-0.3, -0.25) is 0 Å². The summed E-state index contributed by atoms with van der Waals surface area (Å²) in [4.78, 5) is 0. The molecular formula is C51H51O3P3. The van der Waals surface area contributed by atoms with E-state index < -0.39 is 21.4 Å². The van der Waals surface area contributed by atoms with Crippen molar-refractivity contribution in [2.24, 2.45) is 0 Å². The average Bonchev–Trinajstić information content (AvgIpc) is 3.27. The topological polar surface area (TPSA) is 51.2 Å². The average molecular weight is 805 g/mol. The summed E-state index contributed by atoms with van der Waals surface area (Å²) in [6.07, 6.45) is 2.20. The lowest BCUT2D eigenvalue weighted by Crippen LogP contribution is -2.20. The van der Waals surface area contributed by atoms with E-state index in [1.54, 1.807) is 0 Å². The van der Waals surface area contributed by atoms with Gasteiger partial charge in [0.25, 0.3) is 0 Å². The Kier molecular flexibility index (Phi) is 12.0. The van der Waals surface area contributed by atoms with Crippen LogP contribution >= 0.6 is 21.4 Å². The lowest BCUT2D eigenvalue weighted by Gasteiger charge is -2.27. The predicted octanol–water partition coefficient (Wildman–Crippen LogP) is 11.3. The van der Waals surface area contributed by atoms with Crippen molar-refractivity contribution < 1.29 is 13.7 Å². The molecule has 0 saturated heterocycles. The number of benzene rings is 7. The Morgan fingerprint density at radius 2 is 0.614 bits per heavy atom. The zero-order chi connectivity index (χ0) is 40.2. The molecule has 0 N–H and O–H groups in total. The third-order valence-corrected chi connectivity index (χ3v) is 21.2. The summed E-state index contributed by atoms with van der Waals surface area (Å²) >= 11 is 0. The van der Waals surface area contributed by atoms with Crippen LogP contribution in [-0.4, -0.2) is 6.16 Å². The van der Waals surface area contributed by atoms with Crippen LogP contribution in [0.15, 0.2) is 170 Å². The van der Waals surface area contributed by atoms with E-state index in [2.05, 4.69) is 58.9 Å². The van der Waals surface area contributed by atoms with Crippen LogP contribution in [-0.2, 0) is 26.0 Å². The van der Waals surface area contributed by atoms with Crippen molar-refractivity contribution in [3.63, 3.8) is 0 Å². The van der Waals surface area contributed by atoms with Crippen LogP contribution in [0.1, 0.15) is 46.7 Å². The van der Waals surface area contributed by atoms with Crippen molar-refractivity contribution in [1.29, 1.82) is 0 Å². The Bertz CT molecular complexity index is 2580. The Morgan fingerprint density at radius 3 is 0.930 bits per heavy atom. The van der Waals surface area contributed by atoms with E-state index in [9.17, 15) is 4.57 Å². The van der Waals surface area contributed by atoms with Gasteiger partial charge in [0, 0.05) is 50.3 Å². The van der Waals surface area contributed by atoms with Crippen LogP contribution in [0, 0.1) is 27.7 Å². The highest BCUT2D eigenvalue weighted by molar-refractivity contribution is 7.79. The maximum absolute atomic E-state index is 15.8. The first kappa shape index (κ1) is 40.4. The molecule has 6 heteroatoms. The predicted molar refractivity (Wildman–Crippen MR) is 246 cm³/mol. The molecule has 7 aromatic carbocycles. The normalized spacial score (nSPS) is 13.8. The largest absolute Gasteiger partial charge is 0.314 e. The maximum Gasteiger partial charge on any atom is 0.147 e. The molecule has 2 atom stereocenters. The lowest BCUT2D eigenvalue weighted by molar-refractivity contribution is 0.585. The molecule has 0 saturated carbocycles. The van der Waals surface area contributed by atoms with E-state index in [0.717, 1.165) is 82.8 Å². The van der Waals surface area contributed by atoms with E-state index in [0.29, 0.717) is 18.5 Å². The van der Waals surface area contributed by atoms with Gasteiger partial charge in [0.05, 0.1) is 0 Å². The molecule has 57 heavy (non-hydrogen) atoms. The van der Waals surface area contributed by atoms with Gasteiger partial charge in [0.2, 0.25) is 0 Å². The molecule has 0 fully saturated rings. The minimum absolute atomic E-state index is 0.351. The first-order chi connectivity index (χ1) is 27.5. The molecule has 3 nitrogen and oxygen atoms in total. The third-order valence-electron chi connectivity index (χ3n) is 11.8. The molecule has 0 spiro atoms. The van der Waals surface area contributed by atoms with E-state index in [4.69, 9.17) is 0 Å². The van der Waals surface area contributed by atoms with Gasteiger partial charge in [-0.1, -0.05) is 177 Å². The van der Waals surface area contributed by atoms with Gasteiger partial charge < -0.3 is 13.7 Å². The van der Waals surface area contributed by atoms with Crippen molar-refractivity contribution in [3.8, 4) is 11.1 Å². The lowest BCUT2D eigenvalue weighted by atomic mass is 9.90. The molecule has 7 rings (SSSR count). The maximum atomic E-state index is 15.8. The molecule has 0 heterocycles. The van der Waals surface area contributed by atoms with Crippen LogP contribution in [0.25, 0.3) is 11.1 Å². The molecule has 7 aromatic rings. The van der Waals surface area contributed by atoms with Crippen molar-refractivity contribution in [3.05, 3.63) is 203 Å². The quantitative estimate of drug-likeness (QED) is 0.109. The van der Waals surface area contributed by atoms with Crippen molar-refractivity contribution >= 4 is 53.3 Å². The van der Waals surface area contributed by atoms with Crippen molar-refractivity contribution in [2.75, 3.05) is 6.16 Å². The summed E-state index contributed by atoms with van der Waals surface area (Å²) in [6, 6.07) is 55.7. The van der Waals surface area contributed by atoms with Gasteiger partial charge in [0.15, 0.2) is 0 Å². The highest BCUT2D eigenvalue weighted by atomic mass is 31.2. The van der Waals surface area contributed by atoms with Gasteiger partial charge in [-0.2, -0.15) is 0 Å². The van der Waals surface area contributed by atoms with Crippen LogP contribution in [0.5, 0.6) is 0 Å². The first-order valence-electron chi connectivity index (χ1n) is 19.8. The summed E-state index contributed by atoms with van der Waals surface area (Å²) in [7, 11) is -9.03. The van der Waals surface area contributed by atoms with Crippen molar-refractivity contribution in [2.45, 2.75) is 53.4 Å². The Hall–Kier alpha value is -4.77. The summed E-state index contributed by atoms with van der Waals surface area (Å²) in [5.74, 6) is 0. The minimum Gasteiger partial charge on any atom is -0.314 e. The molecule has 2 unspecified atom stereocenters. The Balaban J connectivity index is 1.27. The smallest absolute Gasteiger partial charge is 0.147 e. The van der Waals surface area contributed by atoms with E-state index in [1.165, 1.54) is 0 Å². The number of hydrogen-bond acceptors (Lipinski definition) is 3. The van der Waals surface area contributed by atoms with Crippen molar-refractivity contribution in [1.82, 2.24) is 0 Å². The minimum atomic E-state index is -3.21. The Morgan fingerprint density at radius 1 is 0.333 bits per heavy atom. The molecular weight excluding hydrogens is 753 g/mol. The molecule has 0 aliphatic carbocycles. The fourth-order valence-corrected chi connectivity index (χ4v) is 16.7. The SMILES string of the molecule is CCCP(=O)(c1ccccc1)c1ccc(-c2ccc(P(=O)(Cc3c(C)c(C)c(C)c(CP(=O)(c4ccccc4)c4ccccc4)c3C)c3ccccc3)cc2)cc1. The van der Waals surface area contributed by atoms with Gasteiger partial charge in [0.1, 0.15) is 21.4 Å². The molecule has 0 aliphatic heterocycles. The zero-order valence-electron chi connectivity index (χ0n) is 33.6. The summed E-state index contributed by atoms with van der Waals surface area (Å²) in [6.45, 7) is 10.6. The summed E-state index contributed by atoms with van der Waals surface area (Å²) < 4.78 is 45.6. The standard InChI is InChI=1S/C51H51O3P3/c1-6-35-55(52,44-19-11-7-12-20-44)48-31-27-42(28-32-48)43-29-33-49(34-30-43)57(54,47-25-17-10-18-26-47)37-51-40(4)38(2)39(3)50(41(51)5)36-56(53,45-21-13-8-14-22-45)46-23-15-9-16-24-46/h7-34H,6,35-37H2,1-5H3. The highest BCUT2D eigenvalue weighted by Gasteiger charge is 2.34. The van der Waals surface area contributed by atoms with Gasteiger partial charge in [-0.25, -0.2) is 0 Å². The molecule has 0 radical (unpaired) electrons. The fourth-order valence-electron chi connectivity index (χ4n) is 8.25. The van der Waals surface area contributed by atoms with Crippen LogP contribution in [0.2, 0.25) is 0 Å². The van der Waals surface area contributed by atoms with E-state index in [1.807, 2.05) is 146 Å². The first-order valence-corrected chi connectivity index (χ1v) is 25.5. The van der Waals surface area contributed by atoms with Crippen LogP contribution in [0.4, 0.5) is 0 Å². The second kappa shape index (κ2) is 17.0. The summed E-state index contributed by atoms with van der Waals surface area (Å²) in [5.41, 5.74) is 8.63. The fraction of sp³-hybridized carbons (Fsp3) is 0.176. The summed E-state index contributed by atoms with van der Waals surface area (Å²) in [5, 5.41) is 5.04. The second-order valence-corrected chi connectivity index (χ2v) is 23.8. The molecule has 0 aliphatic rings. The van der Waals surface area contributed by atoms with Gasteiger partial charge in [-0.15, -0.1) is 0 Å². The molecule has 0 aromatic heterocycles. The van der Waals surface area contributed by atoms with Crippen LogP contribution < -0.4 is 31.8 Å².